The monoisotopic (exact) mass is 716 g/mol. The van der Waals surface area contributed by atoms with Gasteiger partial charge in [0.1, 0.15) is 0 Å². The van der Waals surface area contributed by atoms with Gasteiger partial charge in [-0.05, 0) is 0 Å². The van der Waals surface area contributed by atoms with Gasteiger partial charge < -0.3 is 0 Å². The van der Waals surface area contributed by atoms with E-state index < -0.39 is 23.4 Å². The van der Waals surface area contributed by atoms with Crippen LogP contribution in [0.25, 0.3) is 12.2 Å². The average Bonchev–Trinajstić information content (AvgIpc) is 3.38. The third kappa shape index (κ3) is 5.66. The van der Waals surface area contributed by atoms with Gasteiger partial charge in [0, 0.05) is 0 Å². The molecule has 0 N–H and O–H groups in total. The Morgan fingerprint density at radius 3 is 1.61 bits per heavy atom. The molecule has 202 valence electrons. The Morgan fingerprint density at radius 2 is 1.13 bits per heavy atom. The molecule has 0 bridgehead atoms. The summed E-state index contributed by atoms with van der Waals surface area (Å²) < 4.78 is 3.72. The molecule has 0 saturated carbocycles. The minimum Gasteiger partial charge on any atom is -0.147 e. The normalized spacial score (nSPS) is 18.5. The molecular formula is C30H35Cl5Si2Zr. The van der Waals surface area contributed by atoms with Gasteiger partial charge in [0.05, 0.1) is 0 Å². The van der Waals surface area contributed by atoms with E-state index in [-0.39, 0.29) is 24.8 Å². The van der Waals surface area contributed by atoms with E-state index in [0.717, 1.165) is 18.9 Å². The number of benzene rings is 3. The molecule has 2 aliphatic carbocycles. The minimum atomic E-state index is -4.08. The van der Waals surface area contributed by atoms with Gasteiger partial charge in [0.25, 0.3) is 0 Å². The molecule has 0 spiro atoms. The molecule has 3 aromatic carbocycles. The van der Waals surface area contributed by atoms with Crippen molar-refractivity contribution in [1.29, 1.82) is 0 Å². The summed E-state index contributed by atoms with van der Waals surface area (Å²) in [5.41, 5.74) is 8.87. The first-order chi connectivity index (χ1) is 17.1. The number of hydrogen-bond donors (Lipinski definition) is 0. The maximum absolute atomic E-state index is 6.34. The van der Waals surface area contributed by atoms with Gasteiger partial charge in [-0.3, -0.25) is 0 Å². The quantitative estimate of drug-likeness (QED) is 0.124. The van der Waals surface area contributed by atoms with E-state index in [0.29, 0.717) is 7.25 Å². The van der Waals surface area contributed by atoms with Crippen LogP contribution < -0.4 is 3.27 Å². The van der Waals surface area contributed by atoms with Crippen LogP contribution in [0, 0.1) is 0 Å². The van der Waals surface area contributed by atoms with Crippen molar-refractivity contribution in [1.82, 2.24) is 0 Å². The van der Waals surface area contributed by atoms with Gasteiger partial charge in [-0.1, -0.05) is 0 Å². The molecule has 2 unspecified atom stereocenters. The Hall–Kier alpha value is -0.0931. The minimum absolute atomic E-state index is 0. The summed E-state index contributed by atoms with van der Waals surface area (Å²) >= 11 is 14.9. The van der Waals surface area contributed by atoms with E-state index in [9.17, 15) is 0 Å². The average molecular weight is 720 g/mol. The van der Waals surface area contributed by atoms with Crippen LogP contribution in [-0.2, 0) is 17.4 Å². The van der Waals surface area contributed by atoms with Gasteiger partial charge in [-0.2, -0.15) is 0 Å². The fourth-order valence-electron chi connectivity index (χ4n) is 7.53. The summed E-state index contributed by atoms with van der Waals surface area (Å²) in [6.07, 6.45) is 6.99. The van der Waals surface area contributed by atoms with Gasteiger partial charge >= 0.3 is 235 Å². The van der Waals surface area contributed by atoms with Crippen molar-refractivity contribution in [2.75, 3.05) is 0 Å². The molecule has 0 saturated heterocycles. The van der Waals surface area contributed by atoms with Crippen molar-refractivity contribution in [2.24, 2.45) is 0 Å². The summed E-state index contributed by atoms with van der Waals surface area (Å²) in [6.45, 7) is 7.20. The van der Waals surface area contributed by atoms with E-state index in [1.54, 1.807) is 3.27 Å². The Morgan fingerprint density at radius 1 is 0.684 bits per heavy atom. The zero-order valence-corrected chi connectivity index (χ0v) is 30.6. The summed E-state index contributed by atoms with van der Waals surface area (Å²) in [5.74, 6) is 0. The van der Waals surface area contributed by atoms with Gasteiger partial charge in [0.15, 0.2) is 0 Å². The second-order valence-electron chi connectivity index (χ2n) is 11.0. The molecule has 0 nitrogen and oxygen atoms in total. The van der Waals surface area contributed by atoms with Crippen LogP contribution >= 0.6 is 58.1 Å². The van der Waals surface area contributed by atoms with Gasteiger partial charge in [0.2, 0.25) is 0 Å². The first-order valence-corrected chi connectivity index (χ1v) is 29.8. The Balaban J connectivity index is 0.00000200. The van der Waals surface area contributed by atoms with Crippen LogP contribution in [-0.4, -0.2) is 12.9 Å². The molecular weight excluding hydrogens is 685 g/mol. The Kier molecular flexibility index (Phi) is 10.6. The molecule has 2 aliphatic rings. The van der Waals surface area contributed by atoms with E-state index >= 15 is 0 Å². The summed E-state index contributed by atoms with van der Waals surface area (Å²) in [4.78, 5) is 0. The SMILES string of the molecule is CC1=Cc2ccccc2[CH]1[Zr](=[SiH2])([CH2]CCC[Si](Cl)(Cl)Cl)([c]1ccccc1)[CH]1C(C)=Cc2ccccc21.Cl.Cl. The second kappa shape index (κ2) is 12.4. The number of rotatable bonds is 8. The van der Waals surface area contributed by atoms with Crippen LogP contribution in [0.4, 0.5) is 0 Å². The molecule has 2 atom stereocenters. The summed E-state index contributed by atoms with van der Waals surface area (Å²) in [5, 5.41) is 0. The molecule has 8 heteroatoms. The Labute approximate surface area is 257 Å². The number of unbranched alkanes of at least 4 members (excludes halogenated alkanes) is 1. The van der Waals surface area contributed by atoms with E-state index in [1.165, 1.54) is 37.5 Å². The maximum atomic E-state index is 6.34. The first-order valence-electron chi connectivity index (χ1n) is 12.8. The topological polar surface area (TPSA) is 0 Å². The maximum Gasteiger partial charge on any atom is -0.147 e. The summed E-state index contributed by atoms with van der Waals surface area (Å²) in [7, 11) is 0. The summed E-state index contributed by atoms with van der Waals surface area (Å²) in [6, 6.07) is 27.9. The molecule has 0 aromatic heterocycles. The largest absolute Gasteiger partial charge is 0.147 e. The van der Waals surface area contributed by atoms with Crippen molar-refractivity contribution in [3.8, 4) is 0 Å². The van der Waals surface area contributed by atoms with Crippen molar-refractivity contribution in [3.63, 3.8) is 0 Å². The standard InChI is InChI=1S/2C10H9.C6H5.C4H8Cl3Si.2ClH.H2Si.Zr/c2*1-8-6-9-4-2-3-5-10(9)7-8;1-2-4-6-5-3-1;1-2-3-4-8(5,6)7;;;;/h2*2-7H,1H3;1-5H;1-4H2;2*1H;1H2;. The predicted molar refractivity (Wildman–Crippen MR) is 177 cm³/mol. The van der Waals surface area contributed by atoms with E-state index in [4.69, 9.17) is 33.2 Å². The molecule has 3 aromatic rings. The van der Waals surface area contributed by atoms with Crippen molar-refractivity contribution < 1.29 is 17.4 Å². The van der Waals surface area contributed by atoms with Crippen LogP contribution in [0.1, 0.15) is 56.2 Å². The third-order valence-corrected chi connectivity index (χ3v) is 39.8. The molecule has 38 heavy (non-hydrogen) atoms. The molecule has 5 rings (SSSR count). The van der Waals surface area contributed by atoms with Crippen LogP contribution in [0.5, 0.6) is 0 Å². The number of halogens is 5. The molecule has 0 amide bonds. The van der Waals surface area contributed by atoms with Crippen LogP contribution in [0.15, 0.2) is 90.0 Å². The van der Waals surface area contributed by atoms with E-state index in [2.05, 4.69) is 112 Å². The van der Waals surface area contributed by atoms with Crippen molar-refractivity contribution >= 4 is 86.4 Å². The fourth-order valence-corrected chi connectivity index (χ4v) is 39.6. The fraction of sp³-hybridized carbons (Fsp3) is 0.267. The number of fused-ring (bicyclic) bond motifs is 2. The number of allylic oxidation sites excluding steroid dienone is 2. The smallest absolute Gasteiger partial charge is 0.147 e. The molecule has 0 radical (unpaired) electrons. The van der Waals surface area contributed by atoms with Crippen LogP contribution in [0.3, 0.4) is 0 Å². The van der Waals surface area contributed by atoms with Crippen molar-refractivity contribution in [2.45, 2.75) is 44.1 Å². The van der Waals surface area contributed by atoms with E-state index in [1.807, 2.05) is 0 Å². The van der Waals surface area contributed by atoms with Crippen molar-refractivity contribution in [3.05, 3.63) is 112 Å². The second-order valence-corrected chi connectivity index (χ2v) is 44.8. The zero-order valence-electron chi connectivity index (χ0n) is 21.8. The zero-order chi connectivity index (χ0) is 25.6. The first kappa shape index (κ1) is 32.4. The Bertz CT molecular complexity index is 1350. The van der Waals surface area contributed by atoms with Crippen LogP contribution in [0.2, 0.25) is 10.2 Å². The molecule has 0 heterocycles. The van der Waals surface area contributed by atoms with Gasteiger partial charge in [-0.15, -0.1) is 24.8 Å². The van der Waals surface area contributed by atoms with Gasteiger partial charge in [-0.25, -0.2) is 0 Å². The molecule has 0 aliphatic heterocycles. The molecule has 0 fully saturated rings. The predicted octanol–water partition coefficient (Wildman–Crippen LogP) is 9.56. The number of hydrogen-bond acceptors (Lipinski definition) is 0. The third-order valence-electron chi connectivity index (χ3n) is 8.72.